The summed E-state index contributed by atoms with van der Waals surface area (Å²) in [5.74, 6) is 0.410. The molecular weight excluding hydrogens is 210 g/mol. The summed E-state index contributed by atoms with van der Waals surface area (Å²) in [6.45, 7) is 2.74. The summed E-state index contributed by atoms with van der Waals surface area (Å²) >= 11 is 5.45. The van der Waals surface area contributed by atoms with Gasteiger partial charge in [-0.25, -0.2) is 0 Å². The van der Waals surface area contributed by atoms with E-state index in [4.69, 9.17) is 11.6 Å². The highest BCUT2D eigenvalue weighted by Crippen LogP contribution is 2.03. The van der Waals surface area contributed by atoms with Crippen molar-refractivity contribution in [3.05, 3.63) is 35.4 Å². The fourth-order valence-corrected chi connectivity index (χ4v) is 1.45. The second kappa shape index (κ2) is 6.46. The van der Waals surface area contributed by atoms with E-state index in [1.165, 1.54) is 11.1 Å². The Bertz CT molecular complexity index is 308. The summed E-state index contributed by atoms with van der Waals surface area (Å²) in [4.78, 5) is 11.1. The molecule has 1 rings (SSSR count). The molecule has 0 saturated heterocycles. The Kier molecular flexibility index (Phi) is 5.19. The zero-order valence-corrected chi connectivity index (χ0v) is 9.68. The van der Waals surface area contributed by atoms with Crippen molar-refractivity contribution in [2.24, 2.45) is 0 Å². The molecule has 1 aromatic rings. The van der Waals surface area contributed by atoms with Gasteiger partial charge in [-0.1, -0.05) is 29.8 Å². The number of aryl methyl sites for hydroxylation is 1. The van der Waals surface area contributed by atoms with Crippen LogP contribution in [-0.4, -0.2) is 18.3 Å². The largest absolute Gasteiger partial charge is 0.356 e. The first-order valence-electron chi connectivity index (χ1n) is 5.10. The Morgan fingerprint density at radius 1 is 1.33 bits per heavy atom. The number of amides is 1. The molecular formula is C12H16ClNO. The quantitative estimate of drug-likeness (QED) is 0.766. The lowest BCUT2D eigenvalue weighted by Gasteiger charge is -2.04. The summed E-state index contributed by atoms with van der Waals surface area (Å²) in [6.07, 6.45) is 1.27. The maximum atomic E-state index is 11.1. The van der Waals surface area contributed by atoms with Gasteiger partial charge in [0.1, 0.15) is 0 Å². The van der Waals surface area contributed by atoms with Crippen molar-refractivity contribution in [1.29, 1.82) is 0 Å². The van der Waals surface area contributed by atoms with Crippen LogP contribution in [0.2, 0.25) is 0 Å². The Balaban J connectivity index is 2.26. The highest BCUT2D eigenvalue weighted by Gasteiger charge is 1.98. The van der Waals surface area contributed by atoms with Crippen molar-refractivity contribution in [3.8, 4) is 0 Å². The maximum Gasteiger partial charge on any atom is 0.221 e. The predicted octanol–water partition coefficient (Wildman–Crippen LogP) is 2.28. The molecule has 0 spiro atoms. The number of alkyl halides is 1. The number of carbonyl (C=O) groups is 1. The summed E-state index contributed by atoms with van der Waals surface area (Å²) in [5, 5.41) is 2.82. The molecule has 0 saturated carbocycles. The molecule has 0 aliphatic carbocycles. The fourth-order valence-electron chi connectivity index (χ4n) is 1.28. The van der Waals surface area contributed by atoms with Gasteiger partial charge in [0.05, 0.1) is 0 Å². The fraction of sp³-hybridized carbons (Fsp3) is 0.417. The van der Waals surface area contributed by atoms with E-state index in [0.29, 0.717) is 18.8 Å². The maximum absolute atomic E-state index is 11.1. The van der Waals surface area contributed by atoms with Crippen LogP contribution in [0.1, 0.15) is 17.5 Å². The molecule has 0 aliphatic rings. The van der Waals surface area contributed by atoms with E-state index in [1.807, 2.05) is 0 Å². The van der Waals surface area contributed by atoms with Crippen molar-refractivity contribution >= 4 is 17.5 Å². The highest BCUT2D eigenvalue weighted by atomic mass is 35.5. The molecule has 0 bridgehead atoms. The minimum Gasteiger partial charge on any atom is -0.356 e. The average Bonchev–Trinajstić information content (AvgIpc) is 2.21. The van der Waals surface area contributed by atoms with Gasteiger partial charge < -0.3 is 5.32 Å². The number of benzene rings is 1. The molecule has 15 heavy (non-hydrogen) atoms. The van der Waals surface area contributed by atoms with Gasteiger partial charge >= 0.3 is 0 Å². The van der Waals surface area contributed by atoms with Crippen LogP contribution in [0.5, 0.6) is 0 Å². The average molecular weight is 226 g/mol. The number of halogens is 1. The van der Waals surface area contributed by atoms with Crippen LogP contribution in [0, 0.1) is 6.92 Å². The van der Waals surface area contributed by atoms with Gasteiger partial charge in [0, 0.05) is 18.8 Å². The molecule has 0 fully saturated rings. The standard InChI is InChI=1S/C12H16ClNO/c1-10-2-4-11(5-3-10)7-9-14-12(15)6-8-13/h2-5H,6-9H2,1H3,(H,14,15). The lowest BCUT2D eigenvalue weighted by molar-refractivity contribution is -0.120. The molecule has 82 valence electrons. The summed E-state index contributed by atoms with van der Waals surface area (Å²) in [6, 6.07) is 8.33. The van der Waals surface area contributed by atoms with Crippen LogP contribution in [0.15, 0.2) is 24.3 Å². The first-order valence-corrected chi connectivity index (χ1v) is 5.64. The monoisotopic (exact) mass is 225 g/mol. The molecule has 0 aliphatic heterocycles. The van der Waals surface area contributed by atoms with Gasteiger partial charge in [-0.15, -0.1) is 11.6 Å². The Labute approximate surface area is 95.6 Å². The molecule has 3 heteroatoms. The Morgan fingerprint density at radius 2 is 2.00 bits per heavy atom. The zero-order valence-electron chi connectivity index (χ0n) is 8.92. The van der Waals surface area contributed by atoms with E-state index < -0.39 is 0 Å². The lowest BCUT2D eigenvalue weighted by atomic mass is 10.1. The van der Waals surface area contributed by atoms with Gasteiger partial charge in [0.25, 0.3) is 0 Å². The minimum absolute atomic E-state index is 0.0251. The van der Waals surface area contributed by atoms with Crippen LogP contribution < -0.4 is 5.32 Å². The highest BCUT2D eigenvalue weighted by molar-refractivity contribution is 6.18. The second-order valence-corrected chi connectivity index (χ2v) is 3.90. The van der Waals surface area contributed by atoms with Crippen molar-refractivity contribution < 1.29 is 4.79 Å². The first-order chi connectivity index (χ1) is 7.22. The van der Waals surface area contributed by atoms with Crippen LogP contribution in [-0.2, 0) is 11.2 Å². The van der Waals surface area contributed by atoms with Crippen molar-refractivity contribution in [2.45, 2.75) is 19.8 Å². The van der Waals surface area contributed by atoms with E-state index in [0.717, 1.165) is 6.42 Å². The van der Waals surface area contributed by atoms with Crippen molar-refractivity contribution in [2.75, 3.05) is 12.4 Å². The Hall–Kier alpha value is -1.02. The molecule has 1 N–H and O–H groups in total. The number of hydrogen-bond acceptors (Lipinski definition) is 1. The molecule has 1 aromatic carbocycles. The third-order valence-electron chi connectivity index (χ3n) is 2.18. The van der Waals surface area contributed by atoms with Gasteiger partial charge in [0.2, 0.25) is 5.91 Å². The molecule has 0 heterocycles. The molecule has 2 nitrogen and oxygen atoms in total. The van der Waals surface area contributed by atoms with Crippen LogP contribution >= 0.6 is 11.6 Å². The van der Waals surface area contributed by atoms with Crippen molar-refractivity contribution in [3.63, 3.8) is 0 Å². The molecule has 0 radical (unpaired) electrons. The van der Waals surface area contributed by atoms with E-state index >= 15 is 0 Å². The smallest absolute Gasteiger partial charge is 0.221 e. The number of nitrogens with one attached hydrogen (secondary N) is 1. The molecule has 0 aromatic heterocycles. The normalized spacial score (nSPS) is 10.0. The topological polar surface area (TPSA) is 29.1 Å². The third kappa shape index (κ3) is 4.84. The zero-order chi connectivity index (χ0) is 11.1. The van der Waals surface area contributed by atoms with Gasteiger partial charge in [-0.3, -0.25) is 4.79 Å². The summed E-state index contributed by atoms with van der Waals surface area (Å²) < 4.78 is 0. The summed E-state index contributed by atoms with van der Waals surface area (Å²) in [7, 11) is 0. The van der Waals surface area contributed by atoms with E-state index in [1.54, 1.807) is 0 Å². The Morgan fingerprint density at radius 3 is 2.60 bits per heavy atom. The van der Waals surface area contributed by atoms with Gasteiger partial charge in [-0.2, -0.15) is 0 Å². The number of rotatable bonds is 5. The molecule has 1 amide bonds. The SMILES string of the molecule is Cc1ccc(CCNC(=O)CCCl)cc1. The van der Waals surface area contributed by atoms with Crippen LogP contribution in [0.25, 0.3) is 0 Å². The number of hydrogen-bond donors (Lipinski definition) is 1. The van der Waals surface area contributed by atoms with E-state index in [-0.39, 0.29) is 5.91 Å². The van der Waals surface area contributed by atoms with Crippen LogP contribution in [0.3, 0.4) is 0 Å². The lowest BCUT2D eigenvalue weighted by Crippen LogP contribution is -2.25. The minimum atomic E-state index is 0.0251. The first kappa shape index (κ1) is 12.1. The van der Waals surface area contributed by atoms with E-state index in [9.17, 15) is 4.79 Å². The van der Waals surface area contributed by atoms with Gasteiger partial charge in [0.15, 0.2) is 0 Å². The van der Waals surface area contributed by atoms with Crippen molar-refractivity contribution in [1.82, 2.24) is 5.32 Å². The third-order valence-corrected chi connectivity index (χ3v) is 2.37. The number of carbonyl (C=O) groups excluding carboxylic acids is 1. The molecule has 0 atom stereocenters. The predicted molar refractivity (Wildman–Crippen MR) is 63.2 cm³/mol. The van der Waals surface area contributed by atoms with Crippen LogP contribution in [0.4, 0.5) is 0 Å². The van der Waals surface area contributed by atoms with Gasteiger partial charge in [-0.05, 0) is 18.9 Å². The second-order valence-electron chi connectivity index (χ2n) is 3.52. The van der Waals surface area contributed by atoms with E-state index in [2.05, 4.69) is 36.5 Å². The summed E-state index contributed by atoms with van der Waals surface area (Å²) in [5.41, 5.74) is 2.50. The molecule has 0 unspecified atom stereocenters.